The van der Waals surface area contributed by atoms with Gasteiger partial charge in [0.1, 0.15) is 0 Å². The SMILES string of the molecule is CCNC(=NCC1(CCOCC)CC1)NCC1CCCO1.I. The van der Waals surface area contributed by atoms with E-state index in [4.69, 9.17) is 14.5 Å². The van der Waals surface area contributed by atoms with E-state index in [-0.39, 0.29) is 24.0 Å². The lowest BCUT2D eigenvalue weighted by molar-refractivity contribution is 0.113. The lowest BCUT2D eigenvalue weighted by Gasteiger charge is -2.17. The summed E-state index contributed by atoms with van der Waals surface area (Å²) in [6.07, 6.45) is 6.39. The zero-order chi connectivity index (χ0) is 15.0. The molecule has 0 spiro atoms. The first-order chi connectivity index (χ1) is 10.3. The Hall–Kier alpha value is -0.0800. The zero-order valence-electron chi connectivity index (χ0n) is 14.0. The Kier molecular flexibility index (Phi) is 9.66. The van der Waals surface area contributed by atoms with Gasteiger partial charge in [-0.25, -0.2) is 0 Å². The van der Waals surface area contributed by atoms with E-state index in [1.54, 1.807) is 0 Å². The molecule has 1 unspecified atom stereocenters. The van der Waals surface area contributed by atoms with Crippen LogP contribution in [0.1, 0.15) is 46.0 Å². The molecule has 1 saturated carbocycles. The first-order valence-corrected chi connectivity index (χ1v) is 8.49. The Bertz CT molecular complexity index is 329. The summed E-state index contributed by atoms with van der Waals surface area (Å²) in [7, 11) is 0. The summed E-state index contributed by atoms with van der Waals surface area (Å²) in [6.45, 7) is 9.39. The Morgan fingerprint density at radius 1 is 1.32 bits per heavy atom. The fraction of sp³-hybridized carbons (Fsp3) is 0.938. The Morgan fingerprint density at radius 3 is 2.73 bits per heavy atom. The maximum absolute atomic E-state index is 5.64. The van der Waals surface area contributed by atoms with Gasteiger partial charge in [-0.15, -0.1) is 24.0 Å². The fourth-order valence-corrected chi connectivity index (χ4v) is 2.70. The molecule has 2 aliphatic rings. The van der Waals surface area contributed by atoms with E-state index in [9.17, 15) is 0 Å². The molecule has 5 nitrogen and oxygen atoms in total. The second-order valence-corrected chi connectivity index (χ2v) is 6.16. The van der Waals surface area contributed by atoms with Gasteiger partial charge in [-0.05, 0) is 51.4 Å². The molecule has 1 heterocycles. The number of nitrogens with zero attached hydrogens (tertiary/aromatic N) is 1. The van der Waals surface area contributed by atoms with Crippen LogP contribution in [0.2, 0.25) is 0 Å². The normalized spacial score (nSPS) is 23.0. The van der Waals surface area contributed by atoms with E-state index in [0.29, 0.717) is 11.5 Å². The minimum absolute atomic E-state index is 0. The van der Waals surface area contributed by atoms with Gasteiger partial charge in [0, 0.05) is 39.5 Å². The van der Waals surface area contributed by atoms with Crippen LogP contribution in [0.4, 0.5) is 0 Å². The summed E-state index contributed by atoms with van der Waals surface area (Å²) in [4.78, 5) is 4.77. The number of ether oxygens (including phenoxy) is 2. The second kappa shape index (κ2) is 10.6. The molecular weight excluding hydrogens is 393 g/mol. The van der Waals surface area contributed by atoms with Crippen molar-refractivity contribution in [3.63, 3.8) is 0 Å². The third kappa shape index (κ3) is 7.00. The number of hydrogen-bond acceptors (Lipinski definition) is 3. The summed E-state index contributed by atoms with van der Waals surface area (Å²) in [5.74, 6) is 0.927. The topological polar surface area (TPSA) is 54.9 Å². The molecule has 1 aliphatic carbocycles. The van der Waals surface area contributed by atoms with Crippen molar-refractivity contribution < 1.29 is 9.47 Å². The molecule has 2 rings (SSSR count). The summed E-state index contributed by atoms with van der Waals surface area (Å²) in [5, 5.41) is 6.74. The molecule has 130 valence electrons. The highest BCUT2D eigenvalue weighted by molar-refractivity contribution is 14.0. The summed E-state index contributed by atoms with van der Waals surface area (Å²) in [5.41, 5.74) is 0.404. The van der Waals surface area contributed by atoms with Gasteiger partial charge in [0.15, 0.2) is 5.96 Å². The molecule has 6 heteroatoms. The number of nitrogens with one attached hydrogen (secondary N) is 2. The summed E-state index contributed by atoms with van der Waals surface area (Å²) >= 11 is 0. The monoisotopic (exact) mass is 425 g/mol. The molecule has 0 amide bonds. The smallest absolute Gasteiger partial charge is 0.191 e. The third-order valence-corrected chi connectivity index (χ3v) is 4.38. The van der Waals surface area contributed by atoms with Crippen LogP contribution >= 0.6 is 24.0 Å². The molecule has 22 heavy (non-hydrogen) atoms. The summed E-state index contributed by atoms with van der Waals surface area (Å²) in [6, 6.07) is 0. The molecule has 2 fully saturated rings. The highest BCUT2D eigenvalue weighted by Crippen LogP contribution is 2.48. The minimum Gasteiger partial charge on any atom is -0.382 e. The molecule has 1 aliphatic heterocycles. The van der Waals surface area contributed by atoms with E-state index >= 15 is 0 Å². The summed E-state index contributed by atoms with van der Waals surface area (Å²) < 4.78 is 11.1. The second-order valence-electron chi connectivity index (χ2n) is 6.16. The van der Waals surface area contributed by atoms with Crippen LogP contribution in [0.25, 0.3) is 0 Å². The van der Waals surface area contributed by atoms with Crippen LogP contribution in [0.3, 0.4) is 0 Å². The lowest BCUT2D eigenvalue weighted by atomic mass is 10.0. The van der Waals surface area contributed by atoms with E-state index in [1.165, 1.54) is 19.3 Å². The molecule has 0 aromatic rings. The third-order valence-electron chi connectivity index (χ3n) is 4.38. The average Bonchev–Trinajstić information content (AvgIpc) is 3.06. The maximum Gasteiger partial charge on any atom is 0.191 e. The molecule has 0 aromatic heterocycles. The van der Waals surface area contributed by atoms with Gasteiger partial charge in [-0.2, -0.15) is 0 Å². The standard InChI is InChI=1S/C16H31N3O2.HI/c1-3-17-15(18-12-14-6-5-10-21-14)19-13-16(7-8-16)9-11-20-4-2;/h14H,3-13H2,1-2H3,(H2,17,18,19);1H. The van der Waals surface area contributed by atoms with Gasteiger partial charge in [0.25, 0.3) is 0 Å². The van der Waals surface area contributed by atoms with Gasteiger partial charge in [-0.1, -0.05) is 0 Å². The lowest BCUT2D eigenvalue weighted by Crippen LogP contribution is -2.41. The predicted octanol–water partition coefficient (Wildman–Crippen LogP) is 2.55. The van der Waals surface area contributed by atoms with Crippen molar-refractivity contribution in [3.8, 4) is 0 Å². The molecule has 1 saturated heterocycles. The minimum atomic E-state index is 0. The van der Waals surface area contributed by atoms with Crippen molar-refractivity contribution in [2.24, 2.45) is 10.4 Å². The number of guanidine groups is 1. The Morgan fingerprint density at radius 2 is 2.14 bits per heavy atom. The van der Waals surface area contributed by atoms with Crippen molar-refractivity contribution in [2.45, 2.75) is 52.1 Å². The van der Waals surface area contributed by atoms with Crippen LogP contribution in [-0.4, -0.2) is 51.5 Å². The highest BCUT2D eigenvalue weighted by Gasteiger charge is 2.41. The van der Waals surface area contributed by atoms with Gasteiger partial charge < -0.3 is 20.1 Å². The molecule has 1 atom stereocenters. The predicted molar refractivity (Wildman–Crippen MR) is 101 cm³/mol. The Balaban J connectivity index is 0.00000242. The van der Waals surface area contributed by atoms with Crippen LogP contribution in [0, 0.1) is 5.41 Å². The molecule has 2 N–H and O–H groups in total. The molecule has 0 radical (unpaired) electrons. The van der Waals surface area contributed by atoms with Crippen molar-refractivity contribution in [3.05, 3.63) is 0 Å². The van der Waals surface area contributed by atoms with Crippen LogP contribution in [0.5, 0.6) is 0 Å². The number of rotatable bonds is 9. The van der Waals surface area contributed by atoms with Crippen molar-refractivity contribution in [1.82, 2.24) is 10.6 Å². The van der Waals surface area contributed by atoms with Gasteiger partial charge in [0.05, 0.1) is 6.10 Å². The van der Waals surface area contributed by atoms with Crippen molar-refractivity contribution in [1.29, 1.82) is 0 Å². The van der Waals surface area contributed by atoms with Crippen molar-refractivity contribution >= 4 is 29.9 Å². The van der Waals surface area contributed by atoms with E-state index < -0.39 is 0 Å². The van der Waals surface area contributed by atoms with E-state index in [1.807, 2.05) is 0 Å². The molecule has 0 bridgehead atoms. The quantitative estimate of drug-likeness (QED) is 0.258. The fourth-order valence-electron chi connectivity index (χ4n) is 2.70. The number of aliphatic imine (C=N–C) groups is 1. The first-order valence-electron chi connectivity index (χ1n) is 8.49. The van der Waals surface area contributed by atoms with Crippen molar-refractivity contribution in [2.75, 3.05) is 39.5 Å². The van der Waals surface area contributed by atoms with Gasteiger partial charge >= 0.3 is 0 Å². The van der Waals surface area contributed by atoms with Gasteiger partial charge in [0.2, 0.25) is 0 Å². The van der Waals surface area contributed by atoms with Crippen LogP contribution in [0.15, 0.2) is 4.99 Å². The average molecular weight is 425 g/mol. The largest absolute Gasteiger partial charge is 0.382 e. The van der Waals surface area contributed by atoms with Crippen LogP contribution in [-0.2, 0) is 9.47 Å². The van der Waals surface area contributed by atoms with E-state index in [2.05, 4.69) is 24.5 Å². The van der Waals surface area contributed by atoms with Crippen LogP contribution < -0.4 is 10.6 Å². The highest BCUT2D eigenvalue weighted by atomic mass is 127. The number of hydrogen-bond donors (Lipinski definition) is 2. The molecule has 0 aromatic carbocycles. The number of halogens is 1. The maximum atomic E-state index is 5.64. The molecular formula is C16H32IN3O2. The zero-order valence-corrected chi connectivity index (χ0v) is 16.4. The van der Waals surface area contributed by atoms with Gasteiger partial charge in [-0.3, -0.25) is 4.99 Å². The first kappa shape index (κ1) is 20.0. The van der Waals surface area contributed by atoms with E-state index in [0.717, 1.165) is 58.3 Å². The Labute approximate surface area is 152 Å².